The number of hydrogen-bond acceptors (Lipinski definition) is 4. The first-order valence-corrected chi connectivity index (χ1v) is 6.83. The van der Waals surface area contributed by atoms with Gasteiger partial charge in [0.1, 0.15) is 5.84 Å². The second kappa shape index (κ2) is 3.05. The molecule has 6 heteroatoms. The number of thiophene rings is 1. The van der Waals surface area contributed by atoms with Crippen LogP contribution in [-0.4, -0.2) is 14.3 Å². The summed E-state index contributed by atoms with van der Waals surface area (Å²) < 4.78 is 27.6. The second-order valence-electron chi connectivity index (χ2n) is 4.41. The summed E-state index contributed by atoms with van der Waals surface area (Å²) in [5.74, 6) is 0.494. The van der Waals surface area contributed by atoms with Gasteiger partial charge in [-0.2, -0.15) is 8.42 Å². The molecule has 1 aromatic rings. The van der Waals surface area contributed by atoms with Crippen molar-refractivity contribution in [3.63, 3.8) is 0 Å². The zero-order chi connectivity index (χ0) is 11.3. The molecule has 82 valence electrons. The van der Waals surface area contributed by atoms with Gasteiger partial charge in [-0.3, -0.25) is 0 Å². The second-order valence-corrected chi connectivity index (χ2v) is 7.13. The largest absolute Gasteiger partial charge is 0.341 e. The van der Waals surface area contributed by atoms with E-state index in [1.165, 1.54) is 11.3 Å². The van der Waals surface area contributed by atoms with Crippen LogP contribution in [0.3, 0.4) is 0 Å². The molecule has 0 aliphatic carbocycles. The van der Waals surface area contributed by atoms with E-state index in [1.54, 1.807) is 11.4 Å². The Balaban J connectivity index is 2.58. The third-order valence-electron chi connectivity index (χ3n) is 2.04. The summed E-state index contributed by atoms with van der Waals surface area (Å²) >= 11 is 1.19. The molecule has 4 nitrogen and oxygen atoms in total. The molecule has 0 fully saturated rings. The van der Waals surface area contributed by atoms with Crippen molar-refractivity contribution in [3.8, 4) is 0 Å². The monoisotopic (exact) mass is 244 g/mol. The summed E-state index contributed by atoms with van der Waals surface area (Å²) in [5, 5.41) is 4.80. The number of nitrogens with one attached hydrogen (secondary N) is 1. The van der Waals surface area contributed by atoms with Gasteiger partial charge in [-0.15, -0.1) is 15.7 Å². The molecule has 0 bridgehead atoms. The molecule has 2 heterocycles. The van der Waals surface area contributed by atoms with Gasteiger partial charge < -0.3 is 5.32 Å². The highest BCUT2D eigenvalue weighted by atomic mass is 32.2. The highest BCUT2D eigenvalue weighted by Gasteiger charge is 2.31. The molecule has 1 aromatic heterocycles. The maximum absolute atomic E-state index is 11.8. The Bertz CT molecular complexity index is 521. The summed E-state index contributed by atoms with van der Waals surface area (Å²) in [4.78, 5) is 0. The Morgan fingerprint density at radius 3 is 2.67 bits per heavy atom. The summed E-state index contributed by atoms with van der Waals surface area (Å²) in [6.07, 6.45) is 0. The van der Waals surface area contributed by atoms with E-state index in [4.69, 9.17) is 0 Å². The first kappa shape index (κ1) is 10.6. The standard InChI is InChI=1S/C9H12N2O2S2/c1-9(2,3)8-10-6-4-5-14-7(6)15(12,13)11-8/h4-5H,1-3H3,(H,10,11). The van der Waals surface area contributed by atoms with Crippen molar-refractivity contribution in [1.29, 1.82) is 0 Å². The van der Waals surface area contributed by atoms with Gasteiger partial charge in [-0.1, -0.05) is 20.8 Å². The molecular formula is C9H12N2O2S2. The number of nitrogens with zero attached hydrogens (tertiary/aromatic N) is 1. The molecule has 2 rings (SSSR count). The normalized spacial score (nSPS) is 19.0. The van der Waals surface area contributed by atoms with E-state index < -0.39 is 10.0 Å². The molecule has 0 atom stereocenters. The van der Waals surface area contributed by atoms with Crippen LogP contribution in [0.15, 0.2) is 20.1 Å². The topological polar surface area (TPSA) is 58.5 Å². The van der Waals surface area contributed by atoms with Crippen molar-refractivity contribution in [2.24, 2.45) is 9.81 Å². The summed E-state index contributed by atoms with van der Waals surface area (Å²) in [6, 6.07) is 1.76. The van der Waals surface area contributed by atoms with E-state index in [9.17, 15) is 8.42 Å². The minimum Gasteiger partial charge on any atom is -0.341 e. The van der Waals surface area contributed by atoms with Crippen molar-refractivity contribution in [3.05, 3.63) is 11.4 Å². The van der Waals surface area contributed by atoms with E-state index in [1.807, 2.05) is 20.8 Å². The van der Waals surface area contributed by atoms with Gasteiger partial charge in [0.15, 0.2) is 4.21 Å². The average molecular weight is 244 g/mol. The van der Waals surface area contributed by atoms with E-state index in [2.05, 4.69) is 9.71 Å². The Kier molecular flexibility index (Phi) is 2.16. The lowest BCUT2D eigenvalue weighted by atomic mass is 9.95. The maximum atomic E-state index is 11.8. The maximum Gasteiger partial charge on any atom is 0.295 e. The van der Waals surface area contributed by atoms with Crippen LogP contribution in [0.5, 0.6) is 0 Å². The fraction of sp³-hybridized carbons (Fsp3) is 0.444. The van der Waals surface area contributed by atoms with Crippen molar-refractivity contribution in [2.75, 3.05) is 5.32 Å². The van der Waals surface area contributed by atoms with Crippen molar-refractivity contribution in [1.82, 2.24) is 0 Å². The highest BCUT2D eigenvalue weighted by molar-refractivity contribution is 7.92. The zero-order valence-corrected chi connectivity index (χ0v) is 10.4. The van der Waals surface area contributed by atoms with Gasteiger partial charge in [-0.05, 0) is 11.4 Å². The highest BCUT2D eigenvalue weighted by Crippen LogP contribution is 2.35. The lowest BCUT2D eigenvalue weighted by Gasteiger charge is -2.25. The fourth-order valence-electron chi connectivity index (χ4n) is 1.22. The number of anilines is 1. The fourth-order valence-corrected chi connectivity index (χ4v) is 3.60. The van der Waals surface area contributed by atoms with Crippen LogP contribution in [0.1, 0.15) is 20.8 Å². The van der Waals surface area contributed by atoms with Crippen LogP contribution in [0.2, 0.25) is 0 Å². The van der Waals surface area contributed by atoms with Gasteiger partial charge in [-0.25, -0.2) is 0 Å². The smallest absolute Gasteiger partial charge is 0.295 e. The van der Waals surface area contributed by atoms with Crippen molar-refractivity contribution >= 4 is 32.9 Å². The van der Waals surface area contributed by atoms with E-state index >= 15 is 0 Å². The minimum absolute atomic E-state index is 0.299. The zero-order valence-electron chi connectivity index (χ0n) is 8.73. The third-order valence-corrected chi connectivity index (χ3v) is 4.78. The number of sulfonamides is 1. The van der Waals surface area contributed by atoms with Crippen molar-refractivity contribution < 1.29 is 8.42 Å². The van der Waals surface area contributed by atoms with E-state index in [0.717, 1.165) is 0 Å². The quantitative estimate of drug-likeness (QED) is 0.762. The SMILES string of the molecule is CC(C)(C)C1=NS(=O)(=O)c2sccc2N1. The molecular weight excluding hydrogens is 232 g/mol. The van der Waals surface area contributed by atoms with Crippen LogP contribution >= 0.6 is 11.3 Å². The molecule has 0 aromatic carbocycles. The lowest BCUT2D eigenvalue weighted by Crippen LogP contribution is -2.31. The lowest BCUT2D eigenvalue weighted by molar-refractivity contribution is 0.579. The summed E-state index contributed by atoms with van der Waals surface area (Å²) in [6.45, 7) is 5.77. The molecule has 1 aliphatic heterocycles. The molecule has 0 saturated heterocycles. The molecule has 0 saturated carbocycles. The Morgan fingerprint density at radius 1 is 1.40 bits per heavy atom. The van der Waals surface area contributed by atoms with Gasteiger partial charge in [0.25, 0.3) is 10.0 Å². The number of amidine groups is 1. The molecule has 0 amide bonds. The van der Waals surface area contributed by atoms with E-state index in [-0.39, 0.29) is 5.41 Å². The van der Waals surface area contributed by atoms with Crippen LogP contribution < -0.4 is 5.32 Å². The van der Waals surface area contributed by atoms with Gasteiger partial charge in [0.2, 0.25) is 0 Å². The molecule has 0 radical (unpaired) electrons. The van der Waals surface area contributed by atoms with Crippen LogP contribution in [-0.2, 0) is 10.0 Å². The molecule has 1 aliphatic rings. The summed E-state index contributed by atoms with van der Waals surface area (Å²) in [5.41, 5.74) is 0.340. The number of rotatable bonds is 0. The van der Waals surface area contributed by atoms with Gasteiger partial charge in [0.05, 0.1) is 5.69 Å². The van der Waals surface area contributed by atoms with E-state index in [0.29, 0.717) is 15.7 Å². The van der Waals surface area contributed by atoms with Gasteiger partial charge in [0, 0.05) is 5.41 Å². The Morgan fingerprint density at radius 2 is 2.07 bits per heavy atom. The summed E-state index contributed by atoms with van der Waals surface area (Å²) in [7, 11) is -3.49. The average Bonchev–Trinajstić information content (AvgIpc) is 2.49. The number of hydrogen-bond donors (Lipinski definition) is 1. The molecule has 15 heavy (non-hydrogen) atoms. The van der Waals surface area contributed by atoms with Crippen LogP contribution in [0.25, 0.3) is 0 Å². The van der Waals surface area contributed by atoms with Gasteiger partial charge >= 0.3 is 0 Å². The van der Waals surface area contributed by atoms with Crippen LogP contribution in [0, 0.1) is 5.41 Å². The Hall–Kier alpha value is -0.880. The first-order valence-electron chi connectivity index (χ1n) is 4.51. The number of fused-ring (bicyclic) bond motifs is 1. The van der Waals surface area contributed by atoms with Crippen LogP contribution in [0.4, 0.5) is 5.69 Å². The third kappa shape index (κ3) is 1.79. The predicted molar refractivity (Wildman–Crippen MR) is 62.0 cm³/mol. The molecule has 0 spiro atoms. The Labute approximate surface area is 93.1 Å². The molecule has 1 N–H and O–H groups in total. The minimum atomic E-state index is -3.49. The first-order chi connectivity index (χ1) is 6.81. The van der Waals surface area contributed by atoms with Crippen molar-refractivity contribution in [2.45, 2.75) is 25.0 Å². The predicted octanol–water partition coefficient (Wildman–Crippen LogP) is 2.31. The molecule has 0 unspecified atom stereocenters.